The minimum atomic E-state index is 0.0393. The van der Waals surface area contributed by atoms with Crippen LogP contribution >= 0.6 is 15.9 Å². The van der Waals surface area contributed by atoms with Crippen molar-refractivity contribution in [2.45, 2.75) is 12.6 Å². The van der Waals surface area contributed by atoms with E-state index < -0.39 is 0 Å². The third-order valence-electron chi connectivity index (χ3n) is 3.01. The van der Waals surface area contributed by atoms with Crippen LogP contribution in [0.15, 0.2) is 22.7 Å². The van der Waals surface area contributed by atoms with Crippen LogP contribution < -0.4 is 5.73 Å². The number of aromatic nitrogens is 2. The van der Waals surface area contributed by atoms with Crippen molar-refractivity contribution in [1.82, 2.24) is 9.55 Å². The molecular formula is C12H14BrN3O2. The molecule has 0 radical (unpaired) electrons. The number of hydrogen-bond donors (Lipinski definition) is 1. The Morgan fingerprint density at radius 2 is 2.33 bits per heavy atom. The third kappa shape index (κ3) is 2.23. The fraction of sp³-hybridized carbons (Fsp3) is 0.417. The Kier molecular flexibility index (Phi) is 3.23. The van der Waals surface area contributed by atoms with Crippen LogP contribution in [0.3, 0.4) is 0 Å². The van der Waals surface area contributed by atoms with Gasteiger partial charge >= 0.3 is 0 Å². The molecule has 1 atom stereocenters. The third-order valence-corrected chi connectivity index (χ3v) is 3.50. The molecule has 1 aliphatic rings. The Balaban J connectivity index is 1.94. The average molecular weight is 312 g/mol. The van der Waals surface area contributed by atoms with Crippen LogP contribution in [0, 0.1) is 0 Å². The summed E-state index contributed by atoms with van der Waals surface area (Å²) in [6, 6.07) is 5.92. The lowest BCUT2D eigenvalue weighted by atomic mass is 10.3. The van der Waals surface area contributed by atoms with E-state index >= 15 is 0 Å². The Bertz CT molecular complexity index is 564. The molecule has 0 amide bonds. The highest BCUT2D eigenvalue weighted by molar-refractivity contribution is 9.10. The van der Waals surface area contributed by atoms with Crippen LogP contribution in [0.5, 0.6) is 0 Å². The van der Waals surface area contributed by atoms with Gasteiger partial charge in [0.05, 0.1) is 43.5 Å². The smallest absolute Gasteiger partial charge is 0.201 e. The summed E-state index contributed by atoms with van der Waals surface area (Å²) in [5.74, 6) is 0.511. The first kappa shape index (κ1) is 12.0. The van der Waals surface area contributed by atoms with Crippen molar-refractivity contribution in [3.8, 4) is 0 Å². The molecule has 0 bridgehead atoms. The number of halogens is 1. The van der Waals surface area contributed by atoms with Gasteiger partial charge in [0.1, 0.15) is 0 Å². The highest BCUT2D eigenvalue weighted by Gasteiger charge is 2.18. The molecule has 2 aromatic rings. The van der Waals surface area contributed by atoms with Gasteiger partial charge < -0.3 is 19.8 Å². The van der Waals surface area contributed by atoms with Crippen LogP contribution in [0.1, 0.15) is 0 Å². The molecule has 96 valence electrons. The van der Waals surface area contributed by atoms with Crippen LogP contribution in [0.2, 0.25) is 0 Å². The van der Waals surface area contributed by atoms with Gasteiger partial charge in [-0.1, -0.05) is 15.9 Å². The van der Waals surface area contributed by atoms with Gasteiger partial charge in [0.25, 0.3) is 0 Å². The highest BCUT2D eigenvalue weighted by atomic mass is 79.9. The maximum absolute atomic E-state index is 5.96. The van der Waals surface area contributed by atoms with E-state index in [2.05, 4.69) is 20.9 Å². The number of nitrogen functional groups attached to an aromatic ring is 1. The van der Waals surface area contributed by atoms with E-state index in [0.717, 1.165) is 15.5 Å². The van der Waals surface area contributed by atoms with Crippen molar-refractivity contribution in [3.05, 3.63) is 22.7 Å². The number of anilines is 1. The van der Waals surface area contributed by atoms with Gasteiger partial charge in [0.2, 0.25) is 5.95 Å². The van der Waals surface area contributed by atoms with E-state index in [4.69, 9.17) is 15.2 Å². The van der Waals surface area contributed by atoms with Gasteiger partial charge in [-0.2, -0.15) is 0 Å². The molecule has 5 nitrogen and oxygen atoms in total. The minimum absolute atomic E-state index is 0.0393. The summed E-state index contributed by atoms with van der Waals surface area (Å²) >= 11 is 3.46. The molecule has 2 heterocycles. The van der Waals surface area contributed by atoms with Gasteiger partial charge in [0.15, 0.2) is 0 Å². The first-order chi connectivity index (χ1) is 8.74. The monoisotopic (exact) mass is 311 g/mol. The Labute approximate surface area is 113 Å². The zero-order valence-electron chi connectivity index (χ0n) is 9.80. The number of nitrogens with zero attached hydrogens (tertiary/aromatic N) is 2. The standard InChI is InChI=1S/C12H14BrN3O2/c13-8-1-2-10-11(5-8)16(12(14)15-10)6-9-7-17-3-4-18-9/h1-2,5,9H,3-4,6-7H2,(H2,14,15). The molecule has 1 fully saturated rings. The lowest BCUT2D eigenvalue weighted by Gasteiger charge is -2.23. The number of hydrogen-bond acceptors (Lipinski definition) is 4. The lowest BCUT2D eigenvalue weighted by Crippen LogP contribution is -2.32. The largest absolute Gasteiger partial charge is 0.376 e. The van der Waals surface area contributed by atoms with Gasteiger partial charge in [0, 0.05) is 4.47 Å². The van der Waals surface area contributed by atoms with E-state index in [1.165, 1.54) is 0 Å². The molecule has 1 aromatic carbocycles. The Hall–Kier alpha value is -1.11. The fourth-order valence-corrected chi connectivity index (χ4v) is 2.50. The van der Waals surface area contributed by atoms with Gasteiger partial charge in [-0.15, -0.1) is 0 Å². The van der Waals surface area contributed by atoms with Gasteiger partial charge in [-0.3, -0.25) is 0 Å². The van der Waals surface area contributed by atoms with Crippen LogP contribution in [-0.4, -0.2) is 35.5 Å². The summed E-state index contributed by atoms with van der Waals surface area (Å²) in [4.78, 5) is 4.34. The first-order valence-corrected chi connectivity index (χ1v) is 6.64. The predicted octanol–water partition coefficient (Wildman–Crippen LogP) is 1.80. The zero-order valence-corrected chi connectivity index (χ0v) is 11.4. The summed E-state index contributed by atoms with van der Waals surface area (Å²) in [5, 5.41) is 0. The summed E-state index contributed by atoms with van der Waals surface area (Å²) in [6.07, 6.45) is 0.0393. The lowest BCUT2D eigenvalue weighted by molar-refractivity contribution is -0.0930. The Morgan fingerprint density at radius 3 is 3.11 bits per heavy atom. The second-order valence-electron chi connectivity index (χ2n) is 4.28. The molecule has 1 aromatic heterocycles. The van der Waals surface area contributed by atoms with Crippen molar-refractivity contribution >= 4 is 32.9 Å². The molecule has 3 rings (SSSR count). The van der Waals surface area contributed by atoms with Crippen molar-refractivity contribution < 1.29 is 9.47 Å². The van der Waals surface area contributed by atoms with Crippen molar-refractivity contribution in [1.29, 1.82) is 0 Å². The fourth-order valence-electron chi connectivity index (χ4n) is 2.15. The minimum Gasteiger partial charge on any atom is -0.376 e. The molecule has 6 heteroatoms. The quantitative estimate of drug-likeness (QED) is 0.918. The van der Waals surface area contributed by atoms with Crippen LogP contribution in [0.4, 0.5) is 5.95 Å². The van der Waals surface area contributed by atoms with Crippen molar-refractivity contribution in [3.63, 3.8) is 0 Å². The van der Waals surface area contributed by atoms with E-state index in [0.29, 0.717) is 32.3 Å². The number of imidazole rings is 1. The number of rotatable bonds is 2. The van der Waals surface area contributed by atoms with Crippen LogP contribution in [-0.2, 0) is 16.0 Å². The maximum Gasteiger partial charge on any atom is 0.201 e. The molecule has 0 aliphatic carbocycles. The van der Waals surface area contributed by atoms with Crippen molar-refractivity contribution in [2.24, 2.45) is 0 Å². The topological polar surface area (TPSA) is 62.3 Å². The molecule has 2 N–H and O–H groups in total. The van der Waals surface area contributed by atoms with E-state index in [1.54, 1.807) is 0 Å². The molecule has 1 aliphatic heterocycles. The first-order valence-electron chi connectivity index (χ1n) is 5.84. The molecular weight excluding hydrogens is 298 g/mol. The normalized spacial score (nSPS) is 20.4. The molecule has 0 spiro atoms. The SMILES string of the molecule is Nc1nc2ccc(Br)cc2n1CC1COCCO1. The predicted molar refractivity (Wildman–Crippen MR) is 72.4 cm³/mol. The van der Waals surface area contributed by atoms with E-state index in [1.807, 2.05) is 22.8 Å². The van der Waals surface area contributed by atoms with Gasteiger partial charge in [-0.05, 0) is 18.2 Å². The number of benzene rings is 1. The highest BCUT2D eigenvalue weighted by Crippen LogP contribution is 2.23. The number of nitrogens with two attached hydrogens (primary N) is 1. The summed E-state index contributed by atoms with van der Waals surface area (Å²) in [6.45, 7) is 2.58. The average Bonchev–Trinajstić information content (AvgIpc) is 2.67. The maximum atomic E-state index is 5.96. The summed E-state index contributed by atoms with van der Waals surface area (Å²) < 4.78 is 14.0. The zero-order chi connectivity index (χ0) is 12.5. The second-order valence-corrected chi connectivity index (χ2v) is 5.20. The Morgan fingerprint density at radius 1 is 1.44 bits per heavy atom. The number of fused-ring (bicyclic) bond motifs is 1. The second kappa shape index (κ2) is 4.87. The summed E-state index contributed by atoms with van der Waals surface area (Å²) in [5.41, 5.74) is 7.87. The van der Waals surface area contributed by atoms with Crippen molar-refractivity contribution in [2.75, 3.05) is 25.6 Å². The van der Waals surface area contributed by atoms with Gasteiger partial charge in [-0.25, -0.2) is 4.98 Å². The molecule has 18 heavy (non-hydrogen) atoms. The summed E-state index contributed by atoms with van der Waals surface area (Å²) in [7, 11) is 0. The number of ether oxygens (including phenoxy) is 2. The van der Waals surface area contributed by atoms with E-state index in [9.17, 15) is 0 Å². The molecule has 1 unspecified atom stereocenters. The van der Waals surface area contributed by atoms with E-state index in [-0.39, 0.29) is 6.10 Å². The molecule has 0 saturated carbocycles. The van der Waals surface area contributed by atoms with Crippen LogP contribution in [0.25, 0.3) is 11.0 Å². The molecule has 1 saturated heterocycles.